The van der Waals surface area contributed by atoms with Gasteiger partial charge in [0, 0.05) is 35.9 Å². The molecule has 1 aliphatic heterocycles. The second kappa shape index (κ2) is 8.05. The number of fused-ring (bicyclic) bond motifs is 1. The van der Waals surface area contributed by atoms with Gasteiger partial charge in [0.2, 0.25) is 0 Å². The van der Waals surface area contributed by atoms with Crippen molar-refractivity contribution < 1.29 is 13.9 Å². The minimum Gasteiger partial charge on any atom is -0.306 e. The lowest BCUT2D eigenvalue weighted by Crippen LogP contribution is -2.19. The third-order valence-corrected chi connectivity index (χ3v) is 7.56. The summed E-state index contributed by atoms with van der Waals surface area (Å²) in [5.41, 5.74) is 3.63. The standard InChI is InChI=1S/C22H24N6O3S/c1-15-3-5-17(6-4-15)28-20(13-19(26-28)16-7-11-32(30,31)12-8-16)25-22(29)18-14-24-27-10-2-9-23-21(18)27/h2-6,9-10,13-14,16,30-31H,7-8,11-12H2,1H3,(H,25,29). The average molecular weight is 453 g/mol. The van der Waals surface area contributed by atoms with Crippen molar-refractivity contribution in [2.75, 3.05) is 16.8 Å². The van der Waals surface area contributed by atoms with E-state index in [2.05, 4.69) is 15.4 Å². The van der Waals surface area contributed by atoms with Crippen molar-refractivity contribution in [2.45, 2.75) is 25.7 Å². The average Bonchev–Trinajstić information content (AvgIpc) is 3.39. The molecule has 1 fully saturated rings. The van der Waals surface area contributed by atoms with E-state index in [9.17, 15) is 13.9 Å². The predicted octanol–water partition coefficient (Wildman–Crippen LogP) is 4.10. The molecule has 0 atom stereocenters. The maximum absolute atomic E-state index is 13.1. The number of anilines is 1. The topological polar surface area (TPSA) is 118 Å². The van der Waals surface area contributed by atoms with Crippen LogP contribution in [0.25, 0.3) is 11.3 Å². The van der Waals surface area contributed by atoms with Crippen LogP contribution in [-0.2, 0) is 0 Å². The summed E-state index contributed by atoms with van der Waals surface area (Å²) < 4.78 is 23.2. The molecule has 0 saturated carbocycles. The van der Waals surface area contributed by atoms with E-state index in [4.69, 9.17) is 5.10 Å². The van der Waals surface area contributed by atoms with Crippen molar-refractivity contribution in [2.24, 2.45) is 0 Å². The number of hydrogen-bond acceptors (Lipinski definition) is 6. The number of aromatic nitrogens is 5. The molecule has 32 heavy (non-hydrogen) atoms. The number of nitrogens with one attached hydrogen (secondary N) is 1. The number of carbonyl (C=O) groups is 1. The molecule has 4 heterocycles. The molecule has 1 aliphatic rings. The van der Waals surface area contributed by atoms with Gasteiger partial charge in [0.15, 0.2) is 5.65 Å². The first-order chi connectivity index (χ1) is 15.4. The largest absolute Gasteiger partial charge is 0.306 e. The van der Waals surface area contributed by atoms with Crippen LogP contribution in [0.15, 0.2) is 55.0 Å². The van der Waals surface area contributed by atoms with Gasteiger partial charge in [-0.25, -0.2) is 14.2 Å². The van der Waals surface area contributed by atoms with Crippen LogP contribution in [0.3, 0.4) is 0 Å². The lowest BCUT2D eigenvalue weighted by Gasteiger charge is -2.38. The van der Waals surface area contributed by atoms with E-state index in [-0.39, 0.29) is 11.8 Å². The van der Waals surface area contributed by atoms with Crippen molar-refractivity contribution in [1.29, 1.82) is 0 Å². The van der Waals surface area contributed by atoms with Gasteiger partial charge in [0.25, 0.3) is 5.91 Å². The molecular formula is C22H24N6O3S. The van der Waals surface area contributed by atoms with Crippen LogP contribution in [0.1, 0.15) is 40.4 Å². The van der Waals surface area contributed by atoms with E-state index < -0.39 is 10.6 Å². The normalized spacial score (nSPS) is 17.3. The quantitative estimate of drug-likeness (QED) is 0.429. The van der Waals surface area contributed by atoms with Gasteiger partial charge < -0.3 is 5.32 Å². The van der Waals surface area contributed by atoms with Crippen molar-refractivity contribution in [1.82, 2.24) is 24.4 Å². The van der Waals surface area contributed by atoms with Crippen molar-refractivity contribution in [3.8, 4) is 5.69 Å². The number of rotatable bonds is 4. The molecule has 166 valence electrons. The molecule has 5 rings (SSSR count). The third kappa shape index (κ3) is 3.99. The van der Waals surface area contributed by atoms with Crippen molar-refractivity contribution in [3.63, 3.8) is 0 Å². The van der Waals surface area contributed by atoms with Gasteiger partial charge in [-0.05, 0) is 38.0 Å². The van der Waals surface area contributed by atoms with E-state index in [1.165, 1.54) is 6.20 Å². The Labute approximate surface area is 186 Å². The fraction of sp³-hybridized carbons (Fsp3) is 0.273. The highest BCUT2D eigenvalue weighted by atomic mass is 32.3. The number of aryl methyl sites for hydroxylation is 1. The molecular weight excluding hydrogens is 428 g/mol. The summed E-state index contributed by atoms with van der Waals surface area (Å²) in [5, 5.41) is 11.9. The van der Waals surface area contributed by atoms with Crippen LogP contribution in [0.5, 0.6) is 0 Å². The smallest absolute Gasteiger partial charge is 0.262 e. The molecule has 0 aliphatic carbocycles. The van der Waals surface area contributed by atoms with Crippen LogP contribution in [0.2, 0.25) is 0 Å². The molecule has 1 saturated heterocycles. The van der Waals surface area contributed by atoms with Gasteiger partial charge in [0.1, 0.15) is 11.4 Å². The highest BCUT2D eigenvalue weighted by Crippen LogP contribution is 2.48. The Balaban J connectivity index is 1.49. The van der Waals surface area contributed by atoms with Gasteiger partial charge in [0.05, 0.1) is 17.6 Å². The third-order valence-electron chi connectivity index (χ3n) is 5.78. The van der Waals surface area contributed by atoms with Crippen LogP contribution < -0.4 is 5.32 Å². The molecule has 9 nitrogen and oxygen atoms in total. The summed E-state index contributed by atoms with van der Waals surface area (Å²) in [7, 11) is -2.47. The van der Waals surface area contributed by atoms with Gasteiger partial charge in [-0.2, -0.15) is 20.8 Å². The SMILES string of the molecule is Cc1ccc(-n2nc(C3CCS(O)(O)CC3)cc2NC(=O)c2cnn3cccnc23)cc1. The van der Waals surface area contributed by atoms with Gasteiger partial charge in [-0.1, -0.05) is 17.7 Å². The minimum atomic E-state index is -2.47. The highest BCUT2D eigenvalue weighted by Gasteiger charge is 2.28. The molecule has 10 heteroatoms. The number of hydrogen-bond donors (Lipinski definition) is 3. The zero-order valence-corrected chi connectivity index (χ0v) is 18.4. The lowest BCUT2D eigenvalue weighted by molar-refractivity contribution is 0.102. The summed E-state index contributed by atoms with van der Waals surface area (Å²) in [6.07, 6.45) is 6.16. The molecule has 3 aromatic heterocycles. The number of nitrogens with zero attached hydrogens (tertiary/aromatic N) is 5. The van der Waals surface area contributed by atoms with Crippen LogP contribution in [-0.4, -0.2) is 50.9 Å². The molecule has 0 spiro atoms. The molecule has 3 N–H and O–H groups in total. The van der Waals surface area contributed by atoms with E-state index in [0.717, 1.165) is 16.9 Å². The van der Waals surface area contributed by atoms with Crippen molar-refractivity contribution >= 4 is 28.0 Å². The zero-order valence-electron chi connectivity index (χ0n) is 17.5. The zero-order chi connectivity index (χ0) is 22.3. The molecule has 0 unspecified atom stereocenters. The summed E-state index contributed by atoms with van der Waals surface area (Å²) in [4.78, 5) is 17.3. The van der Waals surface area contributed by atoms with Crippen LogP contribution >= 0.6 is 10.6 Å². The fourth-order valence-corrected chi connectivity index (χ4v) is 5.47. The number of amides is 1. The molecule has 0 radical (unpaired) electrons. The second-order valence-corrected chi connectivity index (χ2v) is 10.5. The molecule has 1 amide bonds. The predicted molar refractivity (Wildman–Crippen MR) is 124 cm³/mol. The van der Waals surface area contributed by atoms with Crippen LogP contribution in [0.4, 0.5) is 5.82 Å². The maximum atomic E-state index is 13.1. The highest BCUT2D eigenvalue weighted by molar-refractivity contribution is 8.24. The Morgan fingerprint density at radius 3 is 2.69 bits per heavy atom. The monoisotopic (exact) mass is 452 g/mol. The Morgan fingerprint density at radius 2 is 1.94 bits per heavy atom. The van der Waals surface area contributed by atoms with E-state index >= 15 is 0 Å². The Bertz CT molecular complexity index is 1270. The molecule has 1 aromatic carbocycles. The Morgan fingerprint density at radius 1 is 1.19 bits per heavy atom. The van der Waals surface area contributed by atoms with Crippen molar-refractivity contribution in [3.05, 3.63) is 71.8 Å². The first-order valence-corrected chi connectivity index (χ1v) is 12.3. The summed E-state index contributed by atoms with van der Waals surface area (Å²) in [6.45, 7) is 2.01. The number of benzene rings is 1. The summed E-state index contributed by atoms with van der Waals surface area (Å²) in [5.74, 6) is 1.09. The summed E-state index contributed by atoms with van der Waals surface area (Å²) in [6, 6.07) is 11.5. The van der Waals surface area contributed by atoms with Crippen LogP contribution in [0, 0.1) is 6.92 Å². The second-order valence-electron chi connectivity index (χ2n) is 8.09. The fourth-order valence-electron chi connectivity index (χ4n) is 3.95. The number of carbonyl (C=O) groups excluding carboxylic acids is 1. The molecule has 4 aromatic rings. The minimum absolute atomic E-state index is 0.107. The molecule has 0 bridgehead atoms. The van der Waals surface area contributed by atoms with Gasteiger partial charge in [-0.15, -0.1) is 0 Å². The van der Waals surface area contributed by atoms with Gasteiger partial charge >= 0.3 is 0 Å². The van der Waals surface area contributed by atoms with Gasteiger partial charge in [-0.3, -0.25) is 13.9 Å². The first kappa shape index (κ1) is 20.7. The van der Waals surface area contributed by atoms with E-state index in [0.29, 0.717) is 41.4 Å². The maximum Gasteiger partial charge on any atom is 0.262 e. The van der Waals surface area contributed by atoms with E-state index in [1.807, 2.05) is 37.3 Å². The Kier molecular flexibility index (Phi) is 5.20. The Hall–Kier alpha value is -3.21. The first-order valence-electron chi connectivity index (χ1n) is 10.4. The summed E-state index contributed by atoms with van der Waals surface area (Å²) >= 11 is 0. The lowest BCUT2D eigenvalue weighted by atomic mass is 9.99. The van der Waals surface area contributed by atoms with E-state index in [1.54, 1.807) is 27.7 Å².